The van der Waals surface area contributed by atoms with Gasteiger partial charge in [-0.15, -0.1) is 0 Å². The molecule has 0 aliphatic carbocycles. The average Bonchev–Trinajstić information content (AvgIpc) is 2.15. The van der Waals surface area contributed by atoms with E-state index in [0.717, 1.165) is 12.8 Å². The van der Waals surface area contributed by atoms with Crippen molar-refractivity contribution in [3.63, 3.8) is 0 Å². The number of rotatable bonds is 9. The normalized spacial score (nSPS) is 10.1. The summed E-state index contributed by atoms with van der Waals surface area (Å²) >= 11 is 0. The summed E-state index contributed by atoms with van der Waals surface area (Å²) in [6, 6.07) is 0. The van der Waals surface area contributed by atoms with Crippen molar-refractivity contribution in [3.05, 3.63) is 0 Å². The minimum absolute atomic E-state index is 0.601. The zero-order valence-corrected chi connectivity index (χ0v) is 9.22. The van der Waals surface area contributed by atoms with E-state index in [-0.39, 0.29) is 0 Å². The third-order valence-corrected chi connectivity index (χ3v) is 2.31. The van der Waals surface area contributed by atoms with Crippen LogP contribution in [-0.4, -0.2) is 17.7 Å². The highest BCUT2D eigenvalue weighted by atomic mass is 16.4. The largest absolute Gasteiger partial charge is 0.465 e. The maximum Gasteiger partial charge on any atom is 0.404 e. The molecule has 3 nitrogen and oxygen atoms in total. The lowest BCUT2D eigenvalue weighted by Gasteiger charge is -2.01. The Kier molecular flexibility index (Phi) is 9.81. The number of carboxylic acid groups (broad SMARTS) is 1. The Morgan fingerprint density at radius 2 is 1.50 bits per heavy atom. The van der Waals surface area contributed by atoms with Crippen molar-refractivity contribution in [2.75, 3.05) is 6.54 Å². The highest BCUT2D eigenvalue weighted by molar-refractivity contribution is 5.64. The van der Waals surface area contributed by atoms with Gasteiger partial charge in [-0.3, -0.25) is 0 Å². The third kappa shape index (κ3) is 11.3. The molecule has 0 saturated heterocycles. The standard InChI is InChI=1S/C11H23NO2/c1-2-3-4-5-6-7-8-9-10-12-11(13)14/h12H,2-10H2,1H3,(H,13,14). The molecule has 0 unspecified atom stereocenters. The molecule has 0 saturated carbocycles. The van der Waals surface area contributed by atoms with Gasteiger partial charge in [0.2, 0.25) is 0 Å². The molecule has 3 heteroatoms. The first-order chi connectivity index (χ1) is 6.77. The van der Waals surface area contributed by atoms with Gasteiger partial charge in [0.15, 0.2) is 0 Å². The molecular formula is C11H23NO2. The molecule has 0 heterocycles. The summed E-state index contributed by atoms with van der Waals surface area (Å²) in [4.78, 5) is 10.1. The van der Waals surface area contributed by atoms with Crippen LogP contribution < -0.4 is 5.32 Å². The topological polar surface area (TPSA) is 49.3 Å². The maximum atomic E-state index is 10.1. The number of hydrogen-bond donors (Lipinski definition) is 2. The minimum Gasteiger partial charge on any atom is -0.465 e. The Morgan fingerprint density at radius 1 is 1.00 bits per heavy atom. The number of unbranched alkanes of at least 4 members (excludes halogenated alkanes) is 7. The number of nitrogens with one attached hydrogen (secondary N) is 1. The molecule has 2 N–H and O–H groups in total. The fourth-order valence-electron chi connectivity index (χ4n) is 1.45. The Balaban J connectivity index is 2.88. The van der Waals surface area contributed by atoms with Crippen LogP contribution in [0.5, 0.6) is 0 Å². The number of carbonyl (C=O) groups is 1. The van der Waals surface area contributed by atoms with E-state index in [9.17, 15) is 4.79 Å². The van der Waals surface area contributed by atoms with Crippen molar-refractivity contribution in [2.45, 2.75) is 58.3 Å². The first-order valence-corrected chi connectivity index (χ1v) is 5.74. The van der Waals surface area contributed by atoms with E-state index in [1.54, 1.807) is 0 Å². The molecule has 84 valence electrons. The highest BCUT2D eigenvalue weighted by Gasteiger charge is 1.93. The predicted molar refractivity (Wildman–Crippen MR) is 58.6 cm³/mol. The van der Waals surface area contributed by atoms with E-state index in [0.29, 0.717) is 6.54 Å². The first kappa shape index (κ1) is 13.3. The van der Waals surface area contributed by atoms with Gasteiger partial charge in [0.05, 0.1) is 0 Å². The van der Waals surface area contributed by atoms with Crippen molar-refractivity contribution >= 4 is 6.09 Å². The smallest absolute Gasteiger partial charge is 0.404 e. The summed E-state index contributed by atoms with van der Waals surface area (Å²) in [6.45, 7) is 2.82. The van der Waals surface area contributed by atoms with E-state index in [1.807, 2.05) is 0 Å². The molecule has 0 aliphatic heterocycles. The lowest BCUT2D eigenvalue weighted by molar-refractivity contribution is 0.194. The van der Waals surface area contributed by atoms with Crippen LogP contribution in [0.4, 0.5) is 4.79 Å². The van der Waals surface area contributed by atoms with Crippen molar-refractivity contribution in [1.82, 2.24) is 5.32 Å². The van der Waals surface area contributed by atoms with Crippen LogP contribution in [0.2, 0.25) is 0 Å². The van der Waals surface area contributed by atoms with Crippen LogP contribution in [0.25, 0.3) is 0 Å². The van der Waals surface area contributed by atoms with Gasteiger partial charge in [-0.1, -0.05) is 51.9 Å². The number of amides is 1. The van der Waals surface area contributed by atoms with Crippen LogP contribution in [0.1, 0.15) is 58.3 Å². The maximum absolute atomic E-state index is 10.1. The Bertz CT molecular complexity index is 137. The lowest BCUT2D eigenvalue weighted by Crippen LogP contribution is -2.21. The quantitative estimate of drug-likeness (QED) is 0.562. The minimum atomic E-state index is -0.909. The Hall–Kier alpha value is -0.730. The van der Waals surface area contributed by atoms with E-state index < -0.39 is 6.09 Å². The van der Waals surface area contributed by atoms with Crippen molar-refractivity contribution < 1.29 is 9.90 Å². The van der Waals surface area contributed by atoms with Gasteiger partial charge in [-0.05, 0) is 6.42 Å². The van der Waals surface area contributed by atoms with Crippen LogP contribution in [0, 0.1) is 0 Å². The molecule has 0 rings (SSSR count). The summed E-state index contributed by atoms with van der Waals surface area (Å²) in [6.07, 6.45) is 9.07. The fourth-order valence-corrected chi connectivity index (χ4v) is 1.45. The van der Waals surface area contributed by atoms with E-state index in [4.69, 9.17) is 5.11 Å². The molecule has 0 bridgehead atoms. The fraction of sp³-hybridized carbons (Fsp3) is 0.909. The third-order valence-electron chi connectivity index (χ3n) is 2.31. The summed E-state index contributed by atoms with van der Waals surface area (Å²) < 4.78 is 0. The lowest BCUT2D eigenvalue weighted by atomic mass is 10.1. The predicted octanol–water partition coefficient (Wildman–Crippen LogP) is 3.39. The Labute approximate surface area is 86.9 Å². The van der Waals surface area contributed by atoms with Crippen LogP contribution >= 0.6 is 0 Å². The zero-order valence-electron chi connectivity index (χ0n) is 9.22. The molecular weight excluding hydrogens is 178 g/mol. The van der Waals surface area contributed by atoms with Gasteiger partial charge in [-0.2, -0.15) is 0 Å². The summed E-state index contributed by atoms with van der Waals surface area (Å²) in [7, 11) is 0. The highest BCUT2D eigenvalue weighted by Crippen LogP contribution is 2.07. The molecule has 0 aliphatic rings. The summed E-state index contributed by atoms with van der Waals surface area (Å²) in [5, 5.41) is 10.7. The van der Waals surface area contributed by atoms with Crippen molar-refractivity contribution in [3.8, 4) is 0 Å². The van der Waals surface area contributed by atoms with E-state index in [1.165, 1.54) is 38.5 Å². The van der Waals surface area contributed by atoms with Gasteiger partial charge in [0, 0.05) is 6.54 Å². The van der Waals surface area contributed by atoms with E-state index in [2.05, 4.69) is 12.2 Å². The molecule has 14 heavy (non-hydrogen) atoms. The molecule has 0 radical (unpaired) electrons. The summed E-state index contributed by atoms with van der Waals surface area (Å²) in [5.74, 6) is 0. The molecule has 0 aromatic carbocycles. The average molecular weight is 201 g/mol. The second kappa shape index (κ2) is 10.4. The van der Waals surface area contributed by atoms with Gasteiger partial charge in [0.25, 0.3) is 0 Å². The zero-order chi connectivity index (χ0) is 10.6. The molecule has 0 fully saturated rings. The SMILES string of the molecule is CCCCCCCCCCNC(=O)O. The van der Waals surface area contributed by atoms with Gasteiger partial charge < -0.3 is 10.4 Å². The van der Waals surface area contributed by atoms with Crippen molar-refractivity contribution in [2.24, 2.45) is 0 Å². The molecule has 0 aromatic rings. The molecule has 0 spiro atoms. The van der Waals surface area contributed by atoms with E-state index >= 15 is 0 Å². The molecule has 0 aromatic heterocycles. The number of hydrogen-bond acceptors (Lipinski definition) is 1. The van der Waals surface area contributed by atoms with Gasteiger partial charge in [0.1, 0.15) is 0 Å². The van der Waals surface area contributed by atoms with Crippen molar-refractivity contribution in [1.29, 1.82) is 0 Å². The molecule has 0 atom stereocenters. The second-order valence-electron chi connectivity index (χ2n) is 3.71. The molecule has 1 amide bonds. The first-order valence-electron chi connectivity index (χ1n) is 5.74. The second-order valence-corrected chi connectivity index (χ2v) is 3.71. The summed E-state index contributed by atoms with van der Waals surface area (Å²) in [5.41, 5.74) is 0. The van der Waals surface area contributed by atoms with Crippen LogP contribution in [0.15, 0.2) is 0 Å². The van der Waals surface area contributed by atoms with Gasteiger partial charge >= 0.3 is 6.09 Å². The van der Waals surface area contributed by atoms with Crippen LogP contribution in [0.3, 0.4) is 0 Å². The Morgan fingerprint density at radius 3 is 2.00 bits per heavy atom. The van der Waals surface area contributed by atoms with Gasteiger partial charge in [-0.25, -0.2) is 4.79 Å². The van der Waals surface area contributed by atoms with Crippen LogP contribution in [-0.2, 0) is 0 Å². The monoisotopic (exact) mass is 201 g/mol.